The first kappa shape index (κ1) is 13.5. The van der Waals surface area contributed by atoms with E-state index in [9.17, 15) is 0 Å². The summed E-state index contributed by atoms with van der Waals surface area (Å²) in [6, 6.07) is 3.73. The van der Waals surface area contributed by atoms with Gasteiger partial charge < -0.3 is 9.64 Å². The fraction of sp³-hybridized carbons (Fsp3) is 0.643. The average Bonchev–Trinajstić information content (AvgIpc) is 2.35. The lowest BCUT2D eigenvalue weighted by atomic mass is 9.66. The van der Waals surface area contributed by atoms with E-state index in [4.69, 9.17) is 16.3 Å². The van der Waals surface area contributed by atoms with Gasteiger partial charge in [-0.15, -0.1) is 12.4 Å². The molecule has 1 aromatic heterocycles. The van der Waals surface area contributed by atoms with E-state index in [1.54, 1.807) is 12.3 Å². The highest BCUT2D eigenvalue weighted by Crippen LogP contribution is 2.44. The maximum atomic E-state index is 6.20. The minimum atomic E-state index is 0. The molecule has 0 amide bonds. The van der Waals surface area contributed by atoms with Crippen molar-refractivity contribution in [3.8, 4) is 5.75 Å². The van der Waals surface area contributed by atoms with Crippen molar-refractivity contribution in [2.24, 2.45) is 17.8 Å². The molecular weight excluding hydrogens is 283 g/mol. The molecule has 2 unspecified atom stereocenters. The van der Waals surface area contributed by atoms with Crippen molar-refractivity contribution < 1.29 is 4.74 Å². The SMILES string of the molecule is Cl.Clc1ccc(OC2C3CC4CC2CN(C4)C3)cn1. The van der Waals surface area contributed by atoms with Crippen LogP contribution in [0.5, 0.6) is 5.75 Å². The molecule has 3 aliphatic heterocycles. The summed E-state index contributed by atoms with van der Waals surface area (Å²) < 4.78 is 6.20. The van der Waals surface area contributed by atoms with Gasteiger partial charge in [0.15, 0.2) is 0 Å². The van der Waals surface area contributed by atoms with Crippen molar-refractivity contribution in [1.82, 2.24) is 9.88 Å². The van der Waals surface area contributed by atoms with E-state index in [1.165, 1.54) is 32.5 Å². The maximum absolute atomic E-state index is 6.20. The third kappa shape index (κ3) is 2.44. The van der Waals surface area contributed by atoms with Crippen molar-refractivity contribution in [2.75, 3.05) is 19.6 Å². The van der Waals surface area contributed by atoms with Crippen LogP contribution in [0.1, 0.15) is 12.8 Å². The Morgan fingerprint density at radius 1 is 1.16 bits per heavy atom. The largest absolute Gasteiger partial charge is 0.488 e. The van der Waals surface area contributed by atoms with Gasteiger partial charge in [-0.1, -0.05) is 11.6 Å². The van der Waals surface area contributed by atoms with Gasteiger partial charge >= 0.3 is 0 Å². The molecule has 1 aromatic rings. The van der Waals surface area contributed by atoms with Crippen molar-refractivity contribution in [3.63, 3.8) is 0 Å². The van der Waals surface area contributed by atoms with Crippen LogP contribution >= 0.6 is 24.0 Å². The third-order valence-electron chi connectivity index (χ3n) is 4.68. The highest BCUT2D eigenvalue weighted by molar-refractivity contribution is 6.29. The fourth-order valence-corrected chi connectivity index (χ4v) is 4.26. The van der Waals surface area contributed by atoms with Crippen molar-refractivity contribution in [1.29, 1.82) is 0 Å². The van der Waals surface area contributed by atoms with Gasteiger partial charge in [-0.3, -0.25) is 0 Å². The highest BCUT2D eigenvalue weighted by Gasteiger charge is 2.48. The summed E-state index contributed by atoms with van der Waals surface area (Å²) in [7, 11) is 0. The Morgan fingerprint density at radius 2 is 1.89 bits per heavy atom. The Balaban J connectivity index is 0.00000110. The minimum absolute atomic E-state index is 0. The van der Waals surface area contributed by atoms with E-state index < -0.39 is 0 Å². The lowest BCUT2D eigenvalue weighted by Crippen LogP contribution is -2.61. The summed E-state index contributed by atoms with van der Waals surface area (Å²) in [5, 5.41) is 0.526. The lowest BCUT2D eigenvalue weighted by Gasteiger charge is -2.55. The highest BCUT2D eigenvalue weighted by atomic mass is 35.5. The smallest absolute Gasteiger partial charge is 0.138 e. The number of aromatic nitrogens is 1. The van der Waals surface area contributed by atoms with Crippen LogP contribution in [-0.2, 0) is 0 Å². The Bertz CT molecular complexity index is 423. The first-order valence-corrected chi connectivity index (χ1v) is 7.16. The normalized spacial score (nSPS) is 38.9. The van der Waals surface area contributed by atoms with E-state index >= 15 is 0 Å². The number of pyridine rings is 1. The summed E-state index contributed by atoms with van der Waals surface area (Å²) in [4.78, 5) is 6.71. The van der Waals surface area contributed by atoms with Crippen LogP contribution in [0.15, 0.2) is 18.3 Å². The summed E-state index contributed by atoms with van der Waals surface area (Å²) in [5.41, 5.74) is 0. The maximum Gasteiger partial charge on any atom is 0.138 e. The van der Waals surface area contributed by atoms with Gasteiger partial charge in [0, 0.05) is 31.5 Å². The summed E-state index contributed by atoms with van der Waals surface area (Å²) in [6.07, 6.45) is 4.83. The lowest BCUT2D eigenvalue weighted by molar-refractivity contribution is -0.0985. The van der Waals surface area contributed by atoms with Crippen LogP contribution in [0, 0.1) is 17.8 Å². The Kier molecular flexibility index (Phi) is 3.63. The number of hydrogen-bond donors (Lipinski definition) is 0. The van der Waals surface area contributed by atoms with Crippen molar-refractivity contribution in [2.45, 2.75) is 18.9 Å². The summed E-state index contributed by atoms with van der Waals surface area (Å²) >= 11 is 5.80. The van der Waals surface area contributed by atoms with E-state index in [0.717, 1.165) is 11.7 Å². The van der Waals surface area contributed by atoms with Crippen LogP contribution in [0.25, 0.3) is 0 Å². The molecule has 1 aliphatic carbocycles. The monoisotopic (exact) mass is 300 g/mol. The second kappa shape index (κ2) is 5.12. The topological polar surface area (TPSA) is 25.4 Å². The van der Waals surface area contributed by atoms with Gasteiger partial charge in [0.25, 0.3) is 0 Å². The molecule has 0 N–H and O–H groups in total. The predicted molar refractivity (Wildman–Crippen MR) is 77.1 cm³/mol. The van der Waals surface area contributed by atoms with Crippen LogP contribution in [0.3, 0.4) is 0 Å². The van der Waals surface area contributed by atoms with E-state index in [2.05, 4.69) is 9.88 Å². The standard InChI is InChI=1S/C14H17ClN2O.ClH/c15-13-2-1-12(5-16-13)18-14-10-3-9-4-11(14)8-17(6-9)7-10;/h1-2,5,9-11,14H,3-4,6-8H2;1H. The molecule has 1 saturated carbocycles. The Labute approximate surface area is 124 Å². The average molecular weight is 301 g/mol. The zero-order valence-corrected chi connectivity index (χ0v) is 12.2. The zero-order valence-electron chi connectivity index (χ0n) is 10.7. The van der Waals surface area contributed by atoms with E-state index in [-0.39, 0.29) is 12.4 Å². The Morgan fingerprint density at radius 3 is 2.47 bits per heavy atom. The number of ether oxygens (including phenoxy) is 1. The molecule has 3 saturated heterocycles. The minimum Gasteiger partial charge on any atom is -0.488 e. The van der Waals surface area contributed by atoms with Gasteiger partial charge in [-0.25, -0.2) is 4.98 Å². The molecule has 3 nitrogen and oxygen atoms in total. The fourth-order valence-electron chi connectivity index (χ4n) is 4.15. The van der Waals surface area contributed by atoms with Crippen LogP contribution < -0.4 is 4.74 Å². The first-order chi connectivity index (χ1) is 8.78. The van der Waals surface area contributed by atoms with Crippen LogP contribution in [-0.4, -0.2) is 35.6 Å². The van der Waals surface area contributed by atoms with Crippen molar-refractivity contribution in [3.05, 3.63) is 23.5 Å². The van der Waals surface area contributed by atoms with Crippen LogP contribution in [0.2, 0.25) is 5.15 Å². The van der Waals surface area contributed by atoms with Gasteiger partial charge in [0.1, 0.15) is 17.0 Å². The van der Waals surface area contributed by atoms with Gasteiger partial charge in [0.2, 0.25) is 0 Å². The molecule has 4 heterocycles. The quantitative estimate of drug-likeness (QED) is 0.785. The number of rotatable bonds is 2. The molecule has 19 heavy (non-hydrogen) atoms. The molecule has 5 rings (SSSR count). The second-order valence-corrected chi connectivity index (χ2v) is 6.36. The molecule has 104 valence electrons. The molecule has 5 heteroatoms. The molecular formula is C14H18Cl2N2O. The molecule has 4 aliphatic rings. The second-order valence-electron chi connectivity index (χ2n) is 5.98. The molecule has 0 spiro atoms. The molecule has 0 radical (unpaired) electrons. The van der Waals surface area contributed by atoms with Gasteiger partial charge in [0.05, 0.1) is 6.20 Å². The first-order valence-electron chi connectivity index (χ1n) is 6.78. The third-order valence-corrected chi connectivity index (χ3v) is 4.90. The Hall–Kier alpha value is -0.510. The predicted octanol–water partition coefficient (Wildman–Crippen LogP) is 2.88. The molecule has 2 atom stereocenters. The zero-order chi connectivity index (χ0) is 12.1. The molecule has 0 aromatic carbocycles. The van der Waals surface area contributed by atoms with E-state index in [1.807, 2.05) is 6.07 Å². The van der Waals surface area contributed by atoms with Gasteiger partial charge in [-0.05, 0) is 30.9 Å². The van der Waals surface area contributed by atoms with Crippen molar-refractivity contribution >= 4 is 24.0 Å². The molecule has 4 bridgehead atoms. The van der Waals surface area contributed by atoms with Gasteiger partial charge in [-0.2, -0.15) is 0 Å². The number of nitrogens with zero attached hydrogens (tertiary/aromatic N) is 2. The number of halogens is 2. The van der Waals surface area contributed by atoms with E-state index in [0.29, 0.717) is 23.1 Å². The summed E-state index contributed by atoms with van der Waals surface area (Å²) in [5.74, 6) is 3.22. The molecule has 4 fully saturated rings. The van der Waals surface area contributed by atoms with Crippen LogP contribution in [0.4, 0.5) is 0 Å². The number of hydrogen-bond acceptors (Lipinski definition) is 3. The number of piperidine rings is 3. The summed E-state index contributed by atoms with van der Waals surface area (Å²) in [6.45, 7) is 3.76.